The standard InChI is InChI=1S/C18H23N5O2/c1-2-16-20-17(21-25-16)14-6-5-11-23(14)18(24)13-7-8-15(19-12-13)22-9-3-4-10-22/h7-8,12,14H,2-6,9-11H2,1H3/t14-/m0/s1. The van der Waals surface area contributed by atoms with Crippen molar-refractivity contribution in [2.45, 2.75) is 45.1 Å². The summed E-state index contributed by atoms with van der Waals surface area (Å²) in [5.74, 6) is 2.18. The van der Waals surface area contributed by atoms with Crippen LogP contribution in [-0.2, 0) is 6.42 Å². The summed E-state index contributed by atoms with van der Waals surface area (Å²) in [6.07, 6.45) is 6.64. The highest BCUT2D eigenvalue weighted by Gasteiger charge is 2.34. The van der Waals surface area contributed by atoms with Crippen molar-refractivity contribution in [2.24, 2.45) is 0 Å². The van der Waals surface area contributed by atoms with E-state index in [2.05, 4.69) is 20.0 Å². The number of rotatable bonds is 4. The molecule has 0 radical (unpaired) electrons. The molecule has 2 aliphatic rings. The fourth-order valence-corrected chi connectivity index (χ4v) is 3.64. The van der Waals surface area contributed by atoms with E-state index in [-0.39, 0.29) is 11.9 Å². The molecule has 4 heterocycles. The normalized spacial score (nSPS) is 20.4. The Morgan fingerprint density at radius 3 is 2.76 bits per heavy atom. The molecule has 7 nitrogen and oxygen atoms in total. The van der Waals surface area contributed by atoms with Gasteiger partial charge in [-0.2, -0.15) is 4.98 Å². The van der Waals surface area contributed by atoms with Crippen molar-refractivity contribution < 1.29 is 9.32 Å². The summed E-state index contributed by atoms with van der Waals surface area (Å²) in [4.78, 5) is 25.9. The average molecular weight is 341 g/mol. The van der Waals surface area contributed by atoms with E-state index in [1.54, 1.807) is 6.20 Å². The molecule has 0 unspecified atom stereocenters. The van der Waals surface area contributed by atoms with Crippen LogP contribution in [0.3, 0.4) is 0 Å². The molecule has 7 heteroatoms. The second kappa shape index (κ2) is 6.82. The maximum absolute atomic E-state index is 12.9. The number of hydrogen-bond acceptors (Lipinski definition) is 6. The van der Waals surface area contributed by atoms with Gasteiger partial charge in [0.1, 0.15) is 5.82 Å². The number of hydrogen-bond donors (Lipinski definition) is 0. The predicted molar refractivity (Wildman–Crippen MR) is 92.4 cm³/mol. The van der Waals surface area contributed by atoms with Gasteiger partial charge in [0, 0.05) is 32.3 Å². The fraction of sp³-hybridized carbons (Fsp3) is 0.556. The first-order valence-corrected chi connectivity index (χ1v) is 9.10. The second-order valence-corrected chi connectivity index (χ2v) is 6.66. The smallest absolute Gasteiger partial charge is 0.256 e. The molecule has 4 rings (SSSR count). The van der Waals surface area contributed by atoms with Crippen LogP contribution in [0.1, 0.15) is 60.7 Å². The number of carbonyl (C=O) groups excluding carboxylic acids is 1. The van der Waals surface area contributed by atoms with Crippen molar-refractivity contribution in [3.63, 3.8) is 0 Å². The third kappa shape index (κ3) is 3.10. The van der Waals surface area contributed by atoms with Gasteiger partial charge in [-0.1, -0.05) is 12.1 Å². The molecule has 0 aliphatic carbocycles. The molecule has 0 aromatic carbocycles. The van der Waals surface area contributed by atoms with Crippen LogP contribution in [0.4, 0.5) is 5.82 Å². The van der Waals surface area contributed by atoms with Crippen LogP contribution in [0.2, 0.25) is 0 Å². The SMILES string of the molecule is CCc1nc([C@@H]2CCCN2C(=O)c2ccc(N3CCCC3)nc2)no1. The third-order valence-corrected chi connectivity index (χ3v) is 5.02. The van der Waals surface area contributed by atoms with Crippen LogP contribution in [0.5, 0.6) is 0 Å². The third-order valence-electron chi connectivity index (χ3n) is 5.02. The Hall–Kier alpha value is -2.44. The van der Waals surface area contributed by atoms with Crippen molar-refractivity contribution in [3.05, 3.63) is 35.6 Å². The summed E-state index contributed by atoms with van der Waals surface area (Å²) in [6, 6.07) is 3.73. The van der Waals surface area contributed by atoms with Crippen molar-refractivity contribution >= 4 is 11.7 Å². The molecule has 2 aliphatic heterocycles. The minimum absolute atomic E-state index is 0.00850. The van der Waals surface area contributed by atoms with E-state index in [4.69, 9.17) is 4.52 Å². The van der Waals surface area contributed by atoms with Gasteiger partial charge in [-0.05, 0) is 37.8 Å². The van der Waals surface area contributed by atoms with Crippen molar-refractivity contribution in [1.29, 1.82) is 0 Å². The molecule has 0 bridgehead atoms. The Balaban J connectivity index is 1.50. The molecule has 0 spiro atoms. The number of amides is 1. The Labute approximate surface area is 147 Å². The highest BCUT2D eigenvalue weighted by atomic mass is 16.5. The van der Waals surface area contributed by atoms with E-state index in [0.29, 0.717) is 30.2 Å². The van der Waals surface area contributed by atoms with Crippen LogP contribution in [-0.4, -0.2) is 45.6 Å². The number of likely N-dealkylation sites (tertiary alicyclic amines) is 1. The summed E-state index contributed by atoms with van der Waals surface area (Å²) in [7, 11) is 0. The summed E-state index contributed by atoms with van der Waals surface area (Å²) in [6.45, 7) is 4.79. The van der Waals surface area contributed by atoms with Crippen LogP contribution in [0.25, 0.3) is 0 Å². The van der Waals surface area contributed by atoms with Crippen molar-refractivity contribution in [3.8, 4) is 0 Å². The van der Waals surface area contributed by atoms with Gasteiger partial charge in [0.2, 0.25) is 5.89 Å². The molecule has 2 aromatic rings. The first-order valence-electron chi connectivity index (χ1n) is 9.10. The summed E-state index contributed by atoms with van der Waals surface area (Å²) >= 11 is 0. The minimum Gasteiger partial charge on any atom is -0.357 e. The summed E-state index contributed by atoms with van der Waals surface area (Å²) < 4.78 is 5.22. The van der Waals surface area contributed by atoms with Gasteiger partial charge in [0.15, 0.2) is 5.82 Å². The number of anilines is 1. The average Bonchev–Trinajstić information content (AvgIpc) is 3.42. The Morgan fingerprint density at radius 1 is 1.24 bits per heavy atom. The van der Waals surface area contributed by atoms with E-state index < -0.39 is 0 Å². The highest BCUT2D eigenvalue weighted by Crippen LogP contribution is 2.31. The lowest BCUT2D eigenvalue weighted by atomic mass is 10.2. The van der Waals surface area contributed by atoms with Gasteiger partial charge in [-0.25, -0.2) is 4.98 Å². The summed E-state index contributed by atoms with van der Waals surface area (Å²) in [5.41, 5.74) is 0.619. The molecule has 2 fully saturated rings. The Morgan fingerprint density at radius 2 is 2.08 bits per heavy atom. The first kappa shape index (κ1) is 16.1. The van der Waals surface area contributed by atoms with Crippen LogP contribution in [0, 0.1) is 0 Å². The number of aryl methyl sites for hydroxylation is 1. The highest BCUT2D eigenvalue weighted by molar-refractivity contribution is 5.94. The molecule has 1 amide bonds. The molecule has 132 valence electrons. The molecule has 2 aromatic heterocycles. The van der Waals surface area contributed by atoms with Crippen LogP contribution < -0.4 is 4.90 Å². The predicted octanol–water partition coefficient (Wildman–Crippen LogP) is 2.60. The number of nitrogens with zero attached hydrogens (tertiary/aromatic N) is 5. The van der Waals surface area contributed by atoms with E-state index in [9.17, 15) is 4.79 Å². The van der Waals surface area contributed by atoms with E-state index in [1.807, 2.05) is 24.0 Å². The molecular weight excluding hydrogens is 318 g/mol. The van der Waals surface area contributed by atoms with Crippen molar-refractivity contribution in [1.82, 2.24) is 20.0 Å². The monoisotopic (exact) mass is 341 g/mol. The molecule has 0 saturated carbocycles. The van der Waals surface area contributed by atoms with Crippen molar-refractivity contribution in [2.75, 3.05) is 24.5 Å². The van der Waals surface area contributed by atoms with Gasteiger partial charge >= 0.3 is 0 Å². The summed E-state index contributed by atoms with van der Waals surface area (Å²) in [5, 5.41) is 4.06. The Kier molecular flexibility index (Phi) is 4.38. The lowest BCUT2D eigenvalue weighted by molar-refractivity contribution is 0.0728. The lowest BCUT2D eigenvalue weighted by Gasteiger charge is -2.22. The van der Waals surface area contributed by atoms with Gasteiger partial charge < -0.3 is 14.3 Å². The minimum atomic E-state index is -0.102. The number of aromatic nitrogens is 3. The maximum atomic E-state index is 12.9. The molecular formula is C18H23N5O2. The van der Waals surface area contributed by atoms with Gasteiger partial charge in [-0.15, -0.1) is 0 Å². The zero-order chi connectivity index (χ0) is 17.2. The zero-order valence-corrected chi connectivity index (χ0v) is 14.5. The largest absolute Gasteiger partial charge is 0.357 e. The maximum Gasteiger partial charge on any atom is 0.256 e. The lowest BCUT2D eigenvalue weighted by Crippen LogP contribution is -2.31. The van der Waals surface area contributed by atoms with E-state index in [1.165, 1.54) is 12.8 Å². The fourth-order valence-electron chi connectivity index (χ4n) is 3.64. The molecule has 25 heavy (non-hydrogen) atoms. The van der Waals surface area contributed by atoms with Crippen LogP contribution >= 0.6 is 0 Å². The number of pyridine rings is 1. The quantitative estimate of drug-likeness (QED) is 0.851. The molecule has 2 saturated heterocycles. The van der Waals surface area contributed by atoms with Gasteiger partial charge in [0.05, 0.1) is 11.6 Å². The Bertz CT molecular complexity index is 736. The molecule has 0 N–H and O–H groups in total. The van der Waals surface area contributed by atoms with E-state index in [0.717, 1.165) is 31.7 Å². The number of carbonyl (C=O) groups is 1. The first-order chi connectivity index (χ1) is 12.3. The van der Waals surface area contributed by atoms with Crippen LogP contribution in [0.15, 0.2) is 22.9 Å². The molecule has 1 atom stereocenters. The second-order valence-electron chi connectivity index (χ2n) is 6.66. The zero-order valence-electron chi connectivity index (χ0n) is 14.5. The van der Waals surface area contributed by atoms with E-state index >= 15 is 0 Å². The topological polar surface area (TPSA) is 75.4 Å². The van der Waals surface area contributed by atoms with Gasteiger partial charge in [0.25, 0.3) is 5.91 Å². The van der Waals surface area contributed by atoms with Gasteiger partial charge in [-0.3, -0.25) is 4.79 Å².